The van der Waals surface area contributed by atoms with Crippen LogP contribution in [-0.4, -0.2) is 70.1 Å². The van der Waals surface area contributed by atoms with E-state index in [9.17, 15) is 4.79 Å². The summed E-state index contributed by atoms with van der Waals surface area (Å²) in [6, 6.07) is 8.90. The van der Waals surface area contributed by atoms with Gasteiger partial charge in [0, 0.05) is 32.7 Å². The van der Waals surface area contributed by atoms with E-state index in [1.54, 1.807) is 11.1 Å². The number of hydrogen-bond donors (Lipinski definition) is 0. The zero-order valence-corrected chi connectivity index (χ0v) is 14.5. The molecule has 2 aliphatic rings. The van der Waals surface area contributed by atoms with E-state index >= 15 is 0 Å². The second-order valence-corrected chi connectivity index (χ2v) is 6.83. The molecule has 4 rings (SSSR count). The molecular weight excluding hydrogens is 318 g/mol. The normalized spacial score (nSPS) is 19.0. The molecule has 0 bridgehead atoms. The van der Waals surface area contributed by atoms with Gasteiger partial charge < -0.3 is 9.64 Å². The van der Waals surface area contributed by atoms with Gasteiger partial charge in [-0.25, -0.2) is 4.68 Å². The highest BCUT2D eigenvalue weighted by Gasteiger charge is 2.30. The number of rotatable bonds is 4. The number of hydrogen-bond acceptors (Lipinski definition) is 5. The summed E-state index contributed by atoms with van der Waals surface area (Å²) in [6.07, 6.45) is 1.78. The van der Waals surface area contributed by atoms with Crippen LogP contribution in [0.4, 0.5) is 0 Å². The largest absolute Gasteiger partial charge is 0.378 e. The maximum absolute atomic E-state index is 12.4. The van der Waals surface area contributed by atoms with E-state index in [0.29, 0.717) is 38.0 Å². The van der Waals surface area contributed by atoms with Gasteiger partial charge in [-0.2, -0.15) is 0 Å². The predicted octanol–water partition coefficient (Wildman–Crippen LogP) is 1.12. The lowest BCUT2D eigenvalue weighted by molar-refractivity contribution is 0.0299. The summed E-state index contributed by atoms with van der Waals surface area (Å²) in [5, 5.41) is 8.25. The summed E-state index contributed by atoms with van der Waals surface area (Å²) in [7, 11) is 0. The summed E-state index contributed by atoms with van der Waals surface area (Å²) in [5.74, 6) is -0.0505. The van der Waals surface area contributed by atoms with Gasteiger partial charge in [-0.1, -0.05) is 35.0 Å². The van der Waals surface area contributed by atoms with Gasteiger partial charge in [0.2, 0.25) is 0 Å². The molecule has 7 nitrogen and oxygen atoms in total. The van der Waals surface area contributed by atoms with Crippen molar-refractivity contribution in [1.82, 2.24) is 24.8 Å². The summed E-state index contributed by atoms with van der Waals surface area (Å²) in [5.41, 5.74) is 3.05. The van der Waals surface area contributed by atoms with E-state index in [1.165, 1.54) is 11.1 Å². The molecule has 0 atom stereocenters. The van der Waals surface area contributed by atoms with E-state index in [1.807, 2.05) is 4.68 Å². The molecule has 7 heteroatoms. The quantitative estimate of drug-likeness (QED) is 0.834. The smallest absolute Gasteiger partial charge is 0.276 e. The van der Waals surface area contributed by atoms with E-state index in [4.69, 9.17) is 4.74 Å². The van der Waals surface area contributed by atoms with Crippen LogP contribution in [0.1, 0.15) is 27.7 Å². The lowest BCUT2D eigenvalue weighted by Crippen LogP contribution is -2.47. The average Bonchev–Trinajstić information content (AvgIpc) is 3.07. The van der Waals surface area contributed by atoms with Gasteiger partial charge >= 0.3 is 0 Å². The average molecular weight is 341 g/mol. The van der Waals surface area contributed by atoms with Crippen molar-refractivity contribution in [3.63, 3.8) is 0 Å². The number of aryl methyl sites for hydroxylation is 1. The molecular formula is C18H23N5O2. The first-order valence-corrected chi connectivity index (χ1v) is 8.76. The topological polar surface area (TPSA) is 63.5 Å². The Bertz CT molecular complexity index is 747. The molecule has 1 aromatic heterocycles. The van der Waals surface area contributed by atoms with Crippen LogP contribution in [0.15, 0.2) is 30.5 Å². The summed E-state index contributed by atoms with van der Waals surface area (Å²) in [4.78, 5) is 16.6. The maximum atomic E-state index is 12.4. The molecule has 2 aliphatic heterocycles. The van der Waals surface area contributed by atoms with Crippen molar-refractivity contribution in [1.29, 1.82) is 0 Å². The fourth-order valence-corrected chi connectivity index (χ4v) is 3.39. The van der Waals surface area contributed by atoms with Gasteiger partial charge in [-0.15, -0.1) is 5.10 Å². The maximum Gasteiger partial charge on any atom is 0.276 e. The molecule has 2 aromatic rings. The minimum atomic E-state index is -0.0505. The minimum absolute atomic E-state index is 0.0505. The molecule has 0 aliphatic carbocycles. The van der Waals surface area contributed by atoms with Gasteiger partial charge in [0.25, 0.3) is 5.91 Å². The highest BCUT2D eigenvalue weighted by atomic mass is 16.5. The zero-order chi connectivity index (χ0) is 17.2. The number of morpholine rings is 1. The SMILES string of the molecule is Cc1cccc(CN2CC(n3cc(C(=O)N4CCOCC4)nn3)C2)c1. The Morgan fingerprint density at radius 1 is 1.28 bits per heavy atom. The molecule has 132 valence electrons. The molecule has 0 spiro atoms. The number of carbonyl (C=O) groups excluding carboxylic acids is 1. The van der Waals surface area contributed by atoms with Crippen molar-refractivity contribution in [2.24, 2.45) is 0 Å². The number of ether oxygens (including phenoxy) is 1. The number of nitrogens with zero attached hydrogens (tertiary/aromatic N) is 5. The molecule has 1 aromatic carbocycles. The van der Waals surface area contributed by atoms with Gasteiger partial charge in [-0.3, -0.25) is 9.69 Å². The van der Waals surface area contributed by atoms with Crippen LogP contribution in [0.3, 0.4) is 0 Å². The molecule has 25 heavy (non-hydrogen) atoms. The number of amides is 1. The molecule has 0 radical (unpaired) electrons. The van der Waals surface area contributed by atoms with E-state index in [2.05, 4.69) is 46.4 Å². The monoisotopic (exact) mass is 341 g/mol. The van der Waals surface area contributed by atoms with Crippen LogP contribution >= 0.6 is 0 Å². The molecule has 0 unspecified atom stereocenters. The third-order valence-corrected chi connectivity index (χ3v) is 4.83. The molecule has 3 heterocycles. The molecule has 0 N–H and O–H groups in total. The van der Waals surface area contributed by atoms with Gasteiger partial charge in [0.1, 0.15) is 0 Å². The second-order valence-electron chi connectivity index (χ2n) is 6.83. The summed E-state index contributed by atoms with van der Waals surface area (Å²) in [6.45, 7) is 7.37. The first-order chi connectivity index (χ1) is 12.2. The summed E-state index contributed by atoms with van der Waals surface area (Å²) < 4.78 is 7.12. The lowest BCUT2D eigenvalue weighted by Gasteiger charge is -2.38. The Morgan fingerprint density at radius 2 is 2.08 bits per heavy atom. The molecule has 2 fully saturated rings. The second kappa shape index (κ2) is 6.93. The van der Waals surface area contributed by atoms with Crippen LogP contribution in [0, 0.1) is 6.92 Å². The number of aromatic nitrogens is 3. The first kappa shape index (κ1) is 16.2. The molecule has 2 saturated heterocycles. The highest BCUT2D eigenvalue weighted by Crippen LogP contribution is 2.23. The van der Waals surface area contributed by atoms with Crippen LogP contribution in [0.5, 0.6) is 0 Å². The van der Waals surface area contributed by atoms with Gasteiger partial charge in [0.05, 0.1) is 25.5 Å². The van der Waals surface area contributed by atoms with Crippen LogP contribution < -0.4 is 0 Å². The Labute approximate surface area is 147 Å². The Morgan fingerprint density at radius 3 is 2.84 bits per heavy atom. The predicted molar refractivity (Wildman–Crippen MR) is 92.2 cm³/mol. The van der Waals surface area contributed by atoms with E-state index in [0.717, 1.165) is 19.6 Å². The lowest BCUT2D eigenvalue weighted by atomic mass is 10.1. The van der Waals surface area contributed by atoms with Crippen molar-refractivity contribution < 1.29 is 9.53 Å². The van der Waals surface area contributed by atoms with Crippen molar-refractivity contribution in [2.45, 2.75) is 19.5 Å². The standard InChI is InChI=1S/C18H23N5O2/c1-14-3-2-4-15(9-14)10-21-11-16(12-21)23-13-17(19-20-23)18(24)22-5-7-25-8-6-22/h2-4,9,13,16H,5-8,10-12H2,1H3. The summed E-state index contributed by atoms with van der Waals surface area (Å²) >= 11 is 0. The van der Waals surface area contributed by atoms with Crippen molar-refractivity contribution in [3.8, 4) is 0 Å². The van der Waals surface area contributed by atoms with Crippen LogP contribution in [0.25, 0.3) is 0 Å². The molecule has 0 saturated carbocycles. The van der Waals surface area contributed by atoms with Crippen LogP contribution in [0.2, 0.25) is 0 Å². The zero-order valence-electron chi connectivity index (χ0n) is 14.5. The Kier molecular flexibility index (Phi) is 4.50. The Hall–Kier alpha value is -2.25. The Balaban J connectivity index is 1.32. The van der Waals surface area contributed by atoms with Crippen molar-refractivity contribution in [2.75, 3.05) is 39.4 Å². The van der Waals surface area contributed by atoms with Crippen LogP contribution in [-0.2, 0) is 11.3 Å². The van der Waals surface area contributed by atoms with E-state index in [-0.39, 0.29) is 5.91 Å². The highest BCUT2D eigenvalue weighted by molar-refractivity contribution is 5.92. The third-order valence-electron chi connectivity index (χ3n) is 4.83. The number of benzene rings is 1. The molecule has 1 amide bonds. The van der Waals surface area contributed by atoms with Gasteiger partial charge in [0.15, 0.2) is 5.69 Å². The van der Waals surface area contributed by atoms with Gasteiger partial charge in [-0.05, 0) is 12.5 Å². The fraction of sp³-hybridized carbons (Fsp3) is 0.500. The van der Waals surface area contributed by atoms with Crippen molar-refractivity contribution in [3.05, 3.63) is 47.3 Å². The number of likely N-dealkylation sites (tertiary alicyclic amines) is 1. The first-order valence-electron chi connectivity index (χ1n) is 8.76. The van der Waals surface area contributed by atoms with E-state index < -0.39 is 0 Å². The number of carbonyl (C=O) groups is 1. The third kappa shape index (κ3) is 3.57. The fourth-order valence-electron chi connectivity index (χ4n) is 3.39. The minimum Gasteiger partial charge on any atom is -0.378 e. The van der Waals surface area contributed by atoms with Crippen molar-refractivity contribution >= 4 is 5.91 Å².